The van der Waals surface area contributed by atoms with E-state index in [4.69, 9.17) is 14.6 Å². The largest absolute Gasteiger partial charge is 0.515 e. The number of aliphatic hydroxyl groups excluding tert-OH is 1. The Bertz CT molecular complexity index is 635. The molecule has 108 valence electrons. The molecule has 0 spiro atoms. The molecule has 0 radical (unpaired) electrons. The third kappa shape index (κ3) is 2.35. The van der Waals surface area contributed by atoms with Gasteiger partial charge >= 0.3 is 5.97 Å². The topological polar surface area (TPSA) is 76.1 Å². The summed E-state index contributed by atoms with van der Waals surface area (Å²) in [7, 11) is 0. The van der Waals surface area contributed by atoms with Gasteiger partial charge in [0.15, 0.2) is 17.7 Å². The number of fused-ring (bicyclic) bond motifs is 1. The molecule has 0 aliphatic carbocycles. The second-order valence-corrected chi connectivity index (χ2v) is 4.63. The SMILES string of the molecule is O=C(OCc1ccccc1)C1=C(C=CO)O[C@@H]2CC(=O)N12. The van der Waals surface area contributed by atoms with E-state index in [9.17, 15) is 9.59 Å². The highest BCUT2D eigenvalue weighted by molar-refractivity contribution is 5.98. The zero-order valence-corrected chi connectivity index (χ0v) is 11.1. The summed E-state index contributed by atoms with van der Waals surface area (Å²) in [6, 6.07) is 9.22. The maximum Gasteiger partial charge on any atom is 0.359 e. The molecule has 1 saturated heterocycles. The van der Waals surface area contributed by atoms with Gasteiger partial charge < -0.3 is 14.6 Å². The van der Waals surface area contributed by atoms with E-state index >= 15 is 0 Å². The number of carbonyl (C=O) groups excluding carboxylic acids is 2. The van der Waals surface area contributed by atoms with Gasteiger partial charge in [0, 0.05) is 6.08 Å². The molecule has 3 rings (SSSR count). The fourth-order valence-electron chi connectivity index (χ4n) is 2.25. The highest BCUT2D eigenvalue weighted by Crippen LogP contribution is 2.37. The van der Waals surface area contributed by atoms with Gasteiger partial charge in [-0.1, -0.05) is 30.3 Å². The molecule has 0 unspecified atom stereocenters. The Morgan fingerprint density at radius 3 is 2.86 bits per heavy atom. The molecule has 21 heavy (non-hydrogen) atoms. The molecule has 0 bridgehead atoms. The molecule has 2 heterocycles. The number of ether oxygens (including phenoxy) is 2. The van der Waals surface area contributed by atoms with Crippen molar-refractivity contribution in [2.45, 2.75) is 19.3 Å². The van der Waals surface area contributed by atoms with E-state index in [1.807, 2.05) is 30.3 Å². The summed E-state index contributed by atoms with van der Waals surface area (Å²) in [6.45, 7) is 0.103. The Kier molecular flexibility index (Phi) is 3.35. The van der Waals surface area contributed by atoms with Crippen molar-refractivity contribution in [1.82, 2.24) is 4.90 Å². The normalized spacial score (nSPS) is 20.3. The lowest BCUT2D eigenvalue weighted by Crippen LogP contribution is -2.50. The average Bonchev–Trinajstić information content (AvgIpc) is 2.79. The lowest BCUT2D eigenvalue weighted by atomic mass is 10.1. The molecular weight excluding hydrogens is 274 g/mol. The molecule has 1 N–H and O–H groups in total. The van der Waals surface area contributed by atoms with Gasteiger partial charge in [-0.2, -0.15) is 0 Å². The van der Waals surface area contributed by atoms with Crippen LogP contribution in [0.2, 0.25) is 0 Å². The van der Waals surface area contributed by atoms with Gasteiger partial charge in [-0.15, -0.1) is 0 Å². The number of rotatable bonds is 4. The van der Waals surface area contributed by atoms with Crippen LogP contribution in [0.4, 0.5) is 0 Å². The van der Waals surface area contributed by atoms with Crippen molar-refractivity contribution in [3.05, 3.63) is 59.7 Å². The zero-order valence-electron chi connectivity index (χ0n) is 11.1. The Labute approximate surface area is 120 Å². The standard InChI is InChI=1S/C15H13NO5/c17-7-6-11-14(16-12(18)8-13(16)21-11)15(19)20-9-10-4-2-1-3-5-10/h1-7,13,17H,8-9H2/t13-/m1/s1. The van der Waals surface area contributed by atoms with Crippen LogP contribution < -0.4 is 0 Å². The predicted octanol–water partition coefficient (Wildman–Crippen LogP) is 1.60. The zero-order chi connectivity index (χ0) is 14.8. The van der Waals surface area contributed by atoms with Crippen LogP contribution in [-0.2, 0) is 25.7 Å². The Balaban J connectivity index is 1.75. The van der Waals surface area contributed by atoms with Crippen molar-refractivity contribution in [2.75, 3.05) is 0 Å². The maximum absolute atomic E-state index is 12.2. The second kappa shape index (κ2) is 5.32. The number of allylic oxidation sites excluding steroid dienone is 1. The summed E-state index contributed by atoms with van der Waals surface area (Å²) < 4.78 is 10.6. The number of hydrogen-bond donors (Lipinski definition) is 1. The lowest BCUT2D eigenvalue weighted by molar-refractivity contribution is -0.159. The molecule has 1 aromatic carbocycles. The number of β-lactam (4-membered cyclic amide) rings is 1. The fourth-order valence-corrected chi connectivity index (χ4v) is 2.25. The predicted molar refractivity (Wildman–Crippen MR) is 71.4 cm³/mol. The molecule has 0 aromatic heterocycles. The molecule has 2 aliphatic heterocycles. The number of amides is 1. The van der Waals surface area contributed by atoms with Crippen molar-refractivity contribution in [3.8, 4) is 0 Å². The minimum atomic E-state index is -0.650. The first-order valence-electron chi connectivity index (χ1n) is 6.45. The second-order valence-electron chi connectivity index (χ2n) is 4.63. The third-order valence-corrected chi connectivity index (χ3v) is 3.28. The summed E-state index contributed by atoms with van der Waals surface area (Å²) in [5.41, 5.74) is 0.883. The first kappa shape index (κ1) is 13.2. The number of aliphatic hydroxyl groups is 1. The maximum atomic E-state index is 12.2. The highest BCUT2D eigenvalue weighted by atomic mass is 16.6. The van der Waals surface area contributed by atoms with Crippen molar-refractivity contribution in [3.63, 3.8) is 0 Å². The van der Waals surface area contributed by atoms with Crippen LogP contribution in [0.15, 0.2) is 54.1 Å². The van der Waals surface area contributed by atoms with Gasteiger partial charge in [0.2, 0.25) is 5.91 Å². The van der Waals surface area contributed by atoms with Crippen molar-refractivity contribution < 1.29 is 24.2 Å². The summed E-state index contributed by atoms with van der Waals surface area (Å²) in [4.78, 5) is 25.0. The van der Waals surface area contributed by atoms with Crippen LogP contribution in [-0.4, -0.2) is 28.1 Å². The molecule has 6 heteroatoms. The summed E-state index contributed by atoms with van der Waals surface area (Å²) in [6.07, 6.45) is 1.74. The molecule has 6 nitrogen and oxygen atoms in total. The van der Waals surface area contributed by atoms with E-state index in [0.29, 0.717) is 0 Å². The van der Waals surface area contributed by atoms with Crippen molar-refractivity contribution in [2.24, 2.45) is 0 Å². The van der Waals surface area contributed by atoms with Crippen LogP contribution in [0, 0.1) is 0 Å². The Morgan fingerprint density at radius 1 is 1.43 bits per heavy atom. The minimum Gasteiger partial charge on any atom is -0.515 e. The van der Waals surface area contributed by atoms with E-state index in [0.717, 1.165) is 11.8 Å². The summed E-state index contributed by atoms with van der Waals surface area (Å²) in [5, 5.41) is 8.84. The fraction of sp³-hybridized carbons (Fsp3) is 0.200. The monoisotopic (exact) mass is 287 g/mol. The molecule has 1 aromatic rings. The van der Waals surface area contributed by atoms with Crippen LogP contribution >= 0.6 is 0 Å². The number of nitrogens with zero attached hydrogens (tertiary/aromatic N) is 1. The van der Waals surface area contributed by atoms with Crippen LogP contribution in [0.25, 0.3) is 0 Å². The van der Waals surface area contributed by atoms with Crippen LogP contribution in [0.3, 0.4) is 0 Å². The van der Waals surface area contributed by atoms with E-state index in [1.54, 1.807) is 0 Å². The van der Waals surface area contributed by atoms with Gasteiger partial charge in [-0.05, 0) is 5.56 Å². The molecule has 0 saturated carbocycles. The first-order valence-corrected chi connectivity index (χ1v) is 6.45. The minimum absolute atomic E-state index is 0.0393. The van der Waals surface area contributed by atoms with Crippen LogP contribution in [0.1, 0.15) is 12.0 Å². The molecular formula is C15H13NO5. The molecule has 1 atom stereocenters. The lowest BCUT2D eigenvalue weighted by Gasteiger charge is -2.33. The summed E-state index contributed by atoms with van der Waals surface area (Å²) in [5.74, 6) is -0.707. The molecule has 1 fully saturated rings. The highest BCUT2D eigenvalue weighted by Gasteiger charge is 2.49. The van der Waals surface area contributed by atoms with Gasteiger partial charge in [0.25, 0.3) is 0 Å². The number of benzene rings is 1. The molecule has 2 aliphatic rings. The number of carbonyl (C=O) groups is 2. The Hall–Kier alpha value is -2.76. The number of esters is 1. The van der Waals surface area contributed by atoms with E-state index in [2.05, 4.69) is 0 Å². The van der Waals surface area contributed by atoms with E-state index in [1.165, 1.54) is 11.0 Å². The van der Waals surface area contributed by atoms with Crippen molar-refractivity contribution in [1.29, 1.82) is 0 Å². The third-order valence-electron chi connectivity index (χ3n) is 3.28. The average molecular weight is 287 g/mol. The molecule has 1 amide bonds. The Morgan fingerprint density at radius 2 is 2.19 bits per heavy atom. The van der Waals surface area contributed by atoms with Crippen molar-refractivity contribution >= 4 is 11.9 Å². The van der Waals surface area contributed by atoms with Gasteiger partial charge in [0.05, 0.1) is 12.7 Å². The van der Waals surface area contributed by atoms with Gasteiger partial charge in [-0.25, -0.2) is 4.79 Å². The quantitative estimate of drug-likeness (QED) is 0.517. The van der Waals surface area contributed by atoms with Gasteiger partial charge in [0.1, 0.15) is 6.61 Å². The smallest absolute Gasteiger partial charge is 0.359 e. The van der Waals surface area contributed by atoms with Gasteiger partial charge in [-0.3, -0.25) is 9.69 Å². The summed E-state index contributed by atoms with van der Waals surface area (Å²) >= 11 is 0. The first-order chi connectivity index (χ1) is 10.2. The number of hydrogen-bond acceptors (Lipinski definition) is 5. The van der Waals surface area contributed by atoms with E-state index < -0.39 is 12.2 Å². The van der Waals surface area contributed by atoms with Crippen LogP contribution in [0.5, 0.6) is 0 Å². The van der Waals surface area contributed by atoms with E-state index in [-0.39, 0.29) is 30.4 Å².